The molecule has 0 spiro atoms. The molecule has 0 saturated carbocycles. The molecule has 2 aromatic rings. The molecular weight excluding hydrogens is 312 g/mol. The van der Waals surface area contributed by atoms with Crippen molar-refractivity contribution in [3.05, 3.63) is 59.4 Å². The summed E-state index contributed by atoms with van der Waals surface area (Å²) in [5.41, 5.74) is 3.92. The maximum Gasteiger partial charge on any atom is 0.270 e. The van der Waals surface area contributed by atoms with Crippen LogP contribution in [0, 0.1) is 6.92 Å². The Hall–Kier alpha value is -2.69. The lowest BCUT2D eigenvalue weighted by molar-refractivity contribution is 0.0949. The van der Waals surface area contributed by atoms with Gasteiger partial charge in [0.1, 0.15) is 5.69 Å². The molecule has 1 aliphatic rings. The minimum Gasteiger partial charge on any atom is -0.350 e. The summed E-state index contributed by atoms with van der Waals surface area (Å²) < 4.78 is 0. The number of rotatable bonds is 6. The highest BCUT2D eigenvalue weighted by atomic mass is 16.1. The number of benzene rings is 1. The van der Waals surface area contributed by atoms with Gasteiger partial charge in [-0.3, -0.25) is 4.79 Å². The van der Waals surface area contributed by atoms with Crippen LogP contribution >= 0.6 is 0 Å². The number of nitrogens with one attached hydrogen (secondary N) is 2. The van der Waals surface area contributed by atoms with Gasteiger partial charge in [-0.1, -0.05) is 29.3 Å². The van der Waals surface area contributed by atoms with Gasteiger partial charge in [-0.2, -0.15) is 0 Å². The largest absolute Gasteiger partial charge is 0.350 e. The summed E-state index contributed by atoms with van der Waals surface area (Å²) in [6.07, 6.45) is 9.71. The summed E-state index contributed by atoms with van der Waals surface area (Å²) in [7, 11) is 0. The molecular formula is C20H24N4O. The fourth-order valence-electron chi connectivity index (χ4n) is 2.87. The Kier molecular flexibility index (Phi) is 5.77. The van der Waals surface area contributed by atoms with E-state index in [0.717, 1.165) is 18.5 Å². The van der Waals surface area contributed by atoms with E-state index in [1.807, 2.05) is 31.2 Å². The average molecular weight is 336 g/mol. The van der Waals surface area contributed by atoms with Crippen molar-refractivity contribution in [2.45, 2.75) is 39.0 Å². The third-order valence-corrected chi connectivity index (χ3v) is 4.31. The molecule has 25 heavy (non-hydrogen) atoms. The van der Waals surface area contributed by atoms with Gasteiger partial charge >= 0.3 is 0 Å². The molecule has 0 bridgehead atoms. The Balaban J connectivity index is 1.55. The molecule has 0 unspecified atom stereocenters. The highest BCUT2D eigenvalue weighted by Crippen LogP contribution is 2.19. The van der Waals surface area contributed by atoms with Crippen LogP contribution in [0.5, 0.6) is 0 Å². The van der Waals surface area contributed by atoms with E-state index in [2.05, 4.69) is 26.7 Å². The molecule has 0 atom stereocenters. The number of nitrogens with zero attached hydrogens (tertiary/aromatic N) is 2. The van der Waals surface area contributed by atoms with Gasteiger partial charge in [0, 0.05) is 18.4 Å². The zero-order valence-electron chi connectivity index (χ0n) is 14.6. The first-order valence-electron chi connectivity index (χ1n) is 8.83. The van der Waals surface area contributed by atoms with Crippen LogP contribution in [0.2, 0.25) is 0 Å². The maximum absolute atomic E-state index is 12.3. The second kappa shape index (κ2) is 8.42. The third kappa shape index (κ3) is 5.14. The third-order valence-electron chi connectivity index (χ3n) is 4.31. The number of hydrogen-bond acceptors (Lipinski definition) is 4. The van der Waals surface area contributed by atoms with Crippen LogP contribution in [0.1, 0.15) is 48.2 Å². The Morgan fingerprint density at radius 2 is 2.00 bits per heavy atom. The fourth-order valence-corrected chi connectivity index (χ4v) is 2.87. The minimum atomic E-state index is -0.161. The van der Waals surface area contributed by atoms with Gasteiger partial charge in [0.25, 0.3) is 5.91 Å². The van der Waals surface area contributed by atoms with Crippen molar-refractivity contribution in [2.24, 2.45) is 0 Å². The number of anilines is 2. The summed E-state index contributed by atoms with van der Waals surface area (Å²) in [5.74, 6) is 0.261. The molecule has 0 fully saturated rings. The van der Waals surface area contributed by atoms with Gasteiger partial charge in [-0.15, -0.1) is 0 Å². The number of amides is 1. The standard InChI is InChI=1S/C20H24N4O/c1-15-7-9-17(10-8-15)23-20-22-14-12-18(24-20)19(25)21-13-11-16-5-3-2-4-6-16/h5,7-10,12,14H,2-4,6,11,13H2,1H3,(H,21,25)(H,22,23,24). The predicted molar refractivity (Wildman–Crippen MR) is 100.0 cm³/mol. The lowest BCUT2D eigenvalue weighted by Crippen LogP contribution is -2.26. The van der Waals surface area contributed by atoms with Gasteiger partial charge in [0.05, 0.1) is 0 Å². The first-order chi connectivity index (χ1) is 12.2. The van der Waals surface area contributed by atoms with Crippen LogP contribution in [-0.2, 0) is 0 Å². The Morgan fingerprint density at radius 3 is 2.76 bits per heavy atom. The van der Waals surface area contributed by atoms with Gasteiger partial charge in [-0.25, -0.2) is 9.97 Å². The van der Waals surface area contributed by atoms with E-state index in [4.69, 9.17) is 0 Å². The Labute approximate surface area is 148 Å². The summed E-state index contributed by atoms with van der Waals surface area (Å²) >= 11 is 0. The summed E-state index contributed by atoms with van der Waals surface area (Å²) in [4.78, 5) is 20.8. The molecule has 0 radical (unpaired) electrons. The van der Waals surface area contributed by atoms with Crippen molar-refractivity contribution < 1.29 is 4.79 Å². The number of carbonyl (C=O) groups excluding carboxylic acids is 1. The van der Waals surface area contributed by atoms with Crippen LogP contribution in [0.15, 0.2) is 48.2 Å². The second-order valence-electron chi connectivity index (χ2n) is 6.37. The molecule has 130 valence electrons. The van der Waals surface area contributed by atoms with Crippen LogP contribution < -0.4 is 10.6 Å². The van der Waals surface area contributed by atoms with Crippen molar-refractivity contribution in [3.8, 4) is 0 Å². The van der Waals surface area contributed by atoms with E-state index in [-0.39, 0.29) is 5.91 Å². The van der Waals surface area contributed by atoms with Crippen LogP contribution in [-0.4, -0.2) is 22.4 Å². The molecule has 1 amide bonds. The summed E-state index contributed by atoms with van der Waals surface area (Å²) in [5, 5.41) is 6.07. The number of aryl methyl sites for hydroxylation is 1. The monoisotopic (exact) mass is 336 g/mol. The fraction of sp³-hybridized carbons (Fsp3) is 0.350. The van der Waals surface area contributed by atoms with Crippen LogP contribution in [0.3, 0.4) is 0 Å². The zero-order chi connectivity index (χ0) is 17.5. The zero-order valence-corrected chi connectivity index (χ0v) is 14.6. The summed E-state index contributed by atoms with van der Waals surface area (Å²) in [6, 6.07) is 9.58. The molecule has 3 rings (SSSR count). The Bertz CT molecular complexity index is 753. The van der Waals surface area contributed by atoms with Crippen LogP contribution in [0.4, 0.5) is 11.6 Å². The van der Waals surface area contributed by atoms with Crippen molar-refractivity contribution in [3.63, 3.8) is 0 Å². The second-order valence-corrected chi connectivity index (χ2v) is 6.37. The van der Waals surface area contributed by atoms with Gasteiger partial charge in [-0.05, 0) is 57.2 Å². The number of aromatic nitrogens is 2. The molecule has 0 aliphatic heterocycles. The quantitative estimate of drug-likeness (QED) is 0.778. The maximum atomic E-state index is 12.3. The molecule has 5 heteroatoms. The molecule has 0 saturated heterocycles. The van der Waals surface area contributed by atoms with E-state index in [1.54, 1.807) is 12.3 Å². The van der Waals surface area contributed by atoms with E-state index in [9.17, 15) is 4.79 Å². The first kappa shape index (κ1) is 17.1. The van der Waals surface area contributed by atoms with Gasteiger partial charge < -0.3 is 10.6 Å². The minimum absolute atomic E-state index is 0.161. The van der Waals surface area contributed by atoms with Gasteiger partial charge in [0.15, 0.2) is 0 Å². The number of allylic oxidation sites excluding steroid dienone is 1. The predicted octanol–water partition coefficient (Wildman–Crippen LogP) is 4.15. The Morgan fingerprint density at radius 1 is 1.16 bits per heavy atom. The van der Waals surface area contributed by atoms with E-state index >= 15 is 0 Å². The molecule has 5 nitrogen and oxygen atoms in total. The van der Waals surface area contributed by atoms with Crippen molar-refractivity contribution in [1.82, 2.24) is 15.3 Å². The first-order valence-corrected chi connectivity index (χ1v) is 8.83. The molecule has 2 N–H and O–H groups in total. The highest BCUT2D eigenvalue weighted by molar-refractivity contribution is 5.92. The lowest BCUT2D eigenvalue weighted by Gasteiger charge is -2.13. The van der Waals surface area contributed by atoms with E-state index < -0.39 is 0 Å². The van der Waals surface area contributed by atoms with E-state index in [1.165, 1.54) is 30.4 Å². The normalized spacial score (nSPS) is 13.9. The van der Waals surface area contributed by atoms with Gasteiger partial charge in [0.2, 0.25) is 5.95 Å². The van der Waals surface area contributed by atoms with Crippen molar-refractivity contribution in [2.75, 3.05) is 11.9 Å². The molecule has 1 aromatic heterocycles. The molecule has 1 aromatic carbocycles. The average Bonchev–Trinajstić information content (AvgIpc) is 2.65. The summed E-state index contributed by atoms with van der Waals surface area (Å²) in [6.45, 7) is 2.68. The topological polar surface area (TPSA) is 66.9 Å². The van der Waals surface area contributed by atoms with Crippen molar-refractivity contribution >= 4 is 17.5 Å². The van der Waals surface area contributed by atoms with Crippen molar-refractivity contribution in [1.29, 1.82) is 0 Å². The molecule has 1 aliphatic carbocycles. The number of carbonyl (C=O) groups is 1. The lowest BCUT2D eigenvalue weighted by atomic mass is 9.97. The van der Waals surface area contributed by atoms with E-state index in [0.29, 0.717) is 18.2 Å². The smallest absolute Gasteiger partial charge is 0.270 e. The van der Waals surface area contributed by atoms with Crippen LogP contribution in [0.25, 0.3) is 0 Å². The SMILES string of the molecule is Cc1ccc(Nc2nccc(C(=O)NCCC3=CCCCC3)n2)cc1. The number of hydrogen-bond donors (Lipinski definition) is 2. The highest BCUT2D eigenvalue weighted by Gasteiger charge is 2.10. The molecule has 1 heterocycles.